The Bertz CT molecular complexity index is 1360. The van der Waals surface area contributed by atoms with Crippen molar-refractivity contribution in [3.05, 3.63) is 47.5 Å². The largest absolute Gasteiger partial charge is 0.267 e. The summed E-state index contributed by atoms with van der Waals surface area (Å²) < 4.78 is 58.6. The van der Waals surface area contributed by atoms with Crippen molar-refractivity contribution in [2.45, 2.75) is 38.7 Å². The van der Waals surface area contributed by atoms with E-state index in [-0.39, 0.29) is 30.6 Å². The minimum Gasteiger partial charge on any atom is -0.267 e. The molecule has 0 amide bonds. The highest BCUT2D eigenvalue weighted by Gasteiger charge is 2.71. The molecule has 158 valence electrons. The number of fused-ring (bicyclic) bond motifs is 2. The molecule has 4 aromatic rings. The Balaban J connectivity index is 1.64. The van der Waals surface area contributed by atoms with Gasteiger partial charge in [-0.15, -0.1) is 0 Å². The third-order valence-corrected chi connectivity index (χ3v) is 6.49. The number of aryl methyl sites for hydroxylation is 1. The SMILES string of the molecule is Cc1nc2[nH]ncc2c(-c2c(-c3ccc(F)cn3)nn3c2CCC2(C3)CC2(F)F)c1F. The van der Waals surface area contributed by atoms with Crippen LogP contribution in [0.25, 0.3) is 33.5 Å². The monoisotopic (exact) mass is 428 g/mol. The van der Waals surface area contributed by atoms with Crippen LogP contribution in [0.2, 0.25) is 0 Å². The third-order valence-electron chi connectivity index (χ3n) is 6.49. The lowest BCUT2D eigenvalue weighted by Gasteiger charge is -2.24. The normalized spacial score (nSPS) is 21.6. The van der Waals surface area contributed by atoms with Crippen LogP contribution in [0.5, 0.6) is 0 Å². The smallest absolute Gasteiger partial charge is 0.256 e. The predicted molar refractivity (Wildman–Crippen MR) is 103 cm³/mol. The Kier molecular flexibility index (Phi) is 3.51. The second-order valence-electron chi connectivity index (χ2n) is 8.37. The summed E-state index contributed by atoms with van der Waals surface area (Å²) in [5.74, 6) is -3.78. The molecule has 0 bridgehead atoms. The summed E-state index contributed by atoms with van der Waals surface area (Å²) in [6.45, 7) is 1.59. The van der Waals surface area contributed by atoms with Gasteiger partial charge >= 0.3 is 0 Å². The van der Waals surface area contributed by atoms with E-state index in [1.54, 1.807) is 11.6 Å². The lowest BCUT2D eigenvalue weighted by atomic mass is 9.90. The highest BCUT2D eigenvalue weighted by Crippen LogP contribution is 2.65. The van der Waals surface area contributed by atoms with Crippen LogP contribution in [0.15, 0.2) is 24.5 Å². The number of hydrogen-bond donors (Lipinski definition) is 1. The number of rotatable bonds is 2. The van der Waals surface area contributed by atoms with Gasteiger partial charge < -0.3 is 0 Å². The van der Waals surface area contributed by atoms with Crippen LogP contribution < -0.4 is 0 Å². The fourth-order valence-corrected chi connectivity index (χ4v) is 4.69. The van der Waals surface area contributed by atoms with E-state index >= 15 is 4.39 Å². The molecule has 0 aromatic carbocycles. The number of H-pyrrole nitrogens is 1. The summed E-state index contributed by atoms with van der Waals surface area (Å²) in [7, 11) is 0. The van der Waals surface area contributed by atoms with E-state index in [4.69, 9.17) is 0 Å². The number of aromatic amines is 1. The zero-order valence-corrected chi connectivity index (χ0v) is 16.4. The molecule has 1 fully saturated rings. The molecule has 10 heteroatoms. The Hall–Kier alpha value is -3.30. The summed E-state index contributed by atoms with van der Waals surface area (Å²) in [6.07, 6.45) is 2.96. The van der Waals surface area contributed by atoms with Crippen LogP contribution in [0.4, 0.5) is 17.6 Å². The second-order valence-corrected chi connectivity index (χ2v) is 8.37. The number of nitrogens with one attached hydrogen (secondary N) is 1. The molecule has 2 aliphatic rings. The van der Waals surface area contributed by atoms with Crippen molar-refractivity contribution in [1.82, 2.24) is 29.9 Å². The predicted octanol–water partition coefficient (Wildman–Crippen LogP) is 4.44. The molecule has 1 atom stereocenters. The molecule has 1 aliphatic heterocycles. The Labute approximate surface area is 173 Å². The van der Waals surface area contributed by atoms with Crippen molar-refractivity contribution in [3.63, 3.8) is 0 Å². The summed E-state index contributed by atoms with van der Waals surface area (Å²) in [4.78, 5) is 8.32. The lowest BCUT2D eigenvalue weighted by Crippen LogP contribution is -2.27. The molecule has 5 heterocycles. The van der Waals surface area contributed by atoms with Crippen LogP contribution >= 0.6 is 0 Å². The molecule has 1 unspecified atom stereocenters. The van der Waals surface area contributed by atoms with Gasteiger partial charge in [0.05, 0.1) is 35.7 Å². The van der Waals surface area contributed by atoms with Gasteiger partial charge in [0.15, 0.2) is 11.5 Å². The van der Waals surface area contributed by atoms with E-state index < -0.39 is 23.0 Å². The Morgan fingerprint density at radius 3 is 2.65 bits per heavy atom. The van der Waals surface area contributed by atoms with Gasteiger partial charge in [-0.1, -0.05) is 0 Å². The minimum atomic E-state index is -2.72. The molecule has 0 radical (unpaired) electrons. The summed E-state index contributed by atoms with van der Waals surface area (Å²) >= 11 is 0. The first-order valence-corrected chi connectivity index (χ1v) is 9.89. The van der Waals surface area contributed by atoms with Crippen LogP contribution in [0, 0.1) is 24.0 Å². The van der Waals surface area contributed by atoms with Crippen molar-refractivity contribution >= 4 is 11.0 Å². The van der Waals surface area contributed by atoms with E-state index in [9.17, 15) is 13.2 Å². The van der Waals surface area contributed by atoms with Gasteiger partial charge in [-0.2, -0.15) is 10.2 Å². The van der Waals surface area contributed by atoms with Crippen LogP contribution in [0.1, 0.15) is 24.2 Å². The minimum absolute atomic E-state index is 0.0454. The van der Waals surface area contributed by atoms with Gasteiger partial charge in [0.1, 0.15) is 11.5 Å². The van der Waals surface area contributed by atoms with E-state index in [0.717, 1.165) is 6.20 Å². The average Bonchev–Trinajstić information content (AvgIpc) is 3.09. The molecule has 6 rings (SSSR count). The molecule has 1 N–H and O–H groups in total. The molecule has 6 nitrogen and oxygen atoms in total. The molecule has 1 spiro atoms. The fourth-order valence-electron chi connectivity index (χ4n) is 4.69. The summed E-state index contributed by atoms with van der Waals surface area (Å²) in [5.41, 5.74) is 1.50. The highest BCUT2D eigenvalue weighted by atomic mass is 19.3. The highest BCUT2D eigenvalue weighted by molar-refractivity contribution is 5.97. The number of pyridine rings is 2. The first-order valence-electron chi connectivity index (χ1n) is 9.89. The lowest BCUT2D eigenvalue weighted by molar-refractivity contribution is 0.0462. The van der Waals surface area contributed by atoms with Crippen LogP contribution in [-0.4, -0.2) is 35.9 Å². The van der Waals surface area contributed by atoms with Crippen molar-refractivity contribution in [2.24, 2.45) is 5.41 Å². The molecule has 1 saturated carbocycles. The second kappa shape index (κ2) is 5.89. The van der Waals surface area contributed by atoms with Gasteiger partial charge in [0, 0.05) is 28.6 Å². The number of nitrogens with zero attached hydrogens (tertiary/aromatic N) is 5. The van der Waals surface area contributed by atoms with E-state index in [2.05, 4.69) is 25.3 Å². The Morgan fingerprint density at radius 2 is 1.94 bits per heavy atom. The fraction of sp³-hybridized carbons (Fsp3) is 0.333. The summed E-state index contributed by atoms with van der Waals surface area (Å²) in [6, 6.07) is 2.69. The maximum atomic E-state index is 15.4. The standard InChI is InChI=1S/C21H16F4N6/c1-10-17(23)15(12-7-27-29-19(12)28-10)16-14-4-5-20(8-21(20,24)25)9-31(14)30-18(16)13-3-2-11(22)6-26-13/h2-3,6-7H,4-5,8-9H2,1H3,(H,27,28,29). The van der Waals surface area contributed by atoms with E-state index in [1.165, 1.54) is 18.3 Å². The molecular formula is C21H16F4N6. The number of halogens is 4. The molecule has 1 aliphatic carbocycles. The maximum absolute atomic E-state index is 15.4. The van der Waals surface area contributed by atoms with Crippen molar-refractivity contribution in [2.75, 3.05) is 0 Å². The molecule has 4 aromatic heterocycles. The van der Waals surface area contributed by atoms with Gasteiger partial charge in [-0.3, -0.25) is 14.8 Å². The molecule has 31 heavy (non-hydrogen) atoms. The van der Waals surface area contributed by atoms with Crippen LogP contribution in [0.3, 0.4) is 0 Å². The number of hydrogen-bond acceptors (Lipinski definition) is 4. The van der Waals surface area contributed by atoms with Crippen molar-refractivity contribution < 1.29 is 17.6 Å². The van der Waals surface area contributed by atoms with Crippen molar-refractivity contribution in [3.8, 4) is 22.5 Å². The quantitative estimate of drug-likeness (QED) is 0.479. The first-order chi connectivity index (χ1) is 14.8. The Morgan fingerprint density at radius 1 is 1.13 bits per heavy atom. The van der Waals surface area contributed by atoms with E-state index in [0.29, 0.717) is 40.1 Å². The van der Waals surface area contributed by atoms with Crippen LogP contribution in [-0.2, 0) is 13.0 Å². The molecular weight excluding hydrogens is 412 g/mol. The third kappa shape index (κ3) is 2.50. The number of aromatic nitrogens is 6. The number of alkyl halides is 2. The first kappa shape index (κ1) is 18.5. The zero-order valence-electron chi connectivity index (χ0n) is 16.4. The summed E-state index contributed by atoms with van der Waals surface area (Å²) in [5, 5.41) is 11.8. The topological polar surface area (TPSA) is 72.3 Å². The van der Waals surface area contributed by atoms with E-state index in [1.807, 2.05) is 0 Å². The molecule has 0 saturated heterocycles. The van der Waals surface area contributed by atoms with Gasteiger partial charge in [-0.05, 0) is 31.9 Å². The zero-order chi connectivity index (χ0) is 21.5. The average molecular weight is 428 g/mol. The maximum Gasteiger partial charge on any atom is 0.256 e. The van der Waals surface area contributed by atoms with Gasteiger partial charge in [0.25, 0.3) is 5.92 Å². The van der Waals surface area contributed by atoms with Gasteiger partial charge in [-0.25, -0.2) is 22.5 Å². The van der Waals surface area contributed by atoms with Gasteiger partial charge in [0.2, 0.25) is 0 Å². The van der Waals surface area contributed by atoms with Crippen molar-refractivity contribution in [1.29, 1.82) is 0 Å².